The molecule has 3 rings (SSSR count). The molecule has 19 heavy (non-hydrogen) atoms. The maximum absolute atomic E-state index is 2.51. The van der Waals surface area contributed by atoms with Crippen molar-refractivity contribution in [3.8, 4) is 0 Å². The lowest BCUT2D eigenvalue weighted by atomic mass is 9.93. The number of thiophene rings is 1. The molecule has 0 bridgehead atoms. The normalized spacial score (nSPS) is 21.3. The Hall–Kier alpha value is -1.12. The minimum absolute atomic E-state index is 0.585. The van der Waals surface area contributed by atoms with E-state index in [1.54, 1.807) is 11.1 Å². The first-order chi connectivity index (χ1) is 9.15. The van der Waals surface area contributed by atoms with Gasteiger partial charge in [-0.3, -0.25) is 4.90 Å². The Balaban J connectivity index is 1.89. The standard InChI is InChI=1S/C17H21NS/c1-12-8-9-18(3)16(13(12)2)11-15-10-14-6-4-5-7-17(14)19-15/h4-7,10,16H,8-9,11H2,1-3H3. The van der Waals surface area contributed by atoms with Gasteiger partial charge in [-0.05, 0) is 44.8 Å². The molecule has 0 fully saturated rings. The van der Waals surface area contributed by atoms with Crippen LogP contribution in [0.5, 0.6) is 0 Å². The highest BCUT2D eigenvalue weighted by Crippen LogP contribution is 2.30. The van der Waals surface area contributed by atoms with Crippen molar-refractivity contribution in [2.45, 2.75) is 32.7 Å². The molecule has 1 aromatic heterocycles. The minimum Gasteiger partial charge on any atom is -0.299 e. The zero-order valence-corrected chi connectivity index (χ0v) is 12.8. The van der Waals surface area contributed by atoms with E-state index in [1.165, 1.54) is 27.9 Å². The van der Waals surface area contributed by atoms with Gasteiger partial charge in [0.25, 0.3) is 0 Å². The van der Waals surface area contributed by atoms with E-state index in [-0.39, 0.29) is 0 Å². The van der Waals surface area contributed by atoms with Gasteiger partial charge in [-0.2, -0.15) is 0 Å². The topological polar surface area (TPSA) is 3.24 Å². The fourth-order valence-corrected chi connectivity index (χ4v) is 4.05. The lowest BCUT2D eigenvalue weighted by molar-refractivity contribution is 0.256. The molecule has 0 spiro atoms. The van der Waals surface area contributed by atoms with Crippen LogP contribution < -0.4 is 0 Å². The van der Waals surface area contributed by atoms with Gasteiger partial charge in [-0.1, -0.05) is 29.3 Å². The molecule has 0 radical (unpaired) electrons. The maximum Gasteiger partial charge on any atom is 0.0352 e. The molecule has 0 N–H and O–H groups in total. The van der Waals surface area contributed by atoms with Crippen LogP contribution >= 0.6 is 11.3 Å². The fourth-order valence-electron chi connectivity index (χ4n) is 2.95. The molecule has 1 aliphatic heterocycles. The number of benzene rings is 1. The van der Waals surface area contributed by atoms with Crippen molar-refractivity contribution in [3.63, 3.8) is 0 Å². The van der Waals surface area contributed by atoms with Gasteiger partial charge in [0, 0.05) is 28.6 Å². The van der Waals surface area contributed by atoms with Crippen LogP contribution in [0.3, 0.4) is 0 Å². The molecule has 0 aliphatic carbocycles. The van der Waals surface area contributed by atoms with E-state index in [2.05, 4.69) is 56.1 Å². The zero-order chi connectivity index (χ0) is 13.4. The van der Waals surface area contributed by atoms with Crippen molar-refractivity contribution >= 4 is 21.4 Å². The van der Waals surface area contributed by atoms with Crippen LogP contribution in [0.1, 0.15) is 25.1 Å². The van der Waals surface area contributed by atoms with Gasteiger partial charge in [-0.25, -0.2) is 0 Å². The van der Waals surface area contributed by atoms with Gasteiger partial charge in [0.2, 0.25) is 0 Å². The number of rotatable bonds is 2. The highest BCUT2D eigenvalue weighted by Gasteiger charge is 2.23. The molecular weight excluding hydrogens is 250 g/mol. The maximum atomic E-state index is 2.51. The molecule has 1 aromatic carbocycles. The second kappa shape index (κ2) is 5.10. The summed E-state index contributed by atoms with van der Waals surface area (Å²) in [7, 11) is 2.26. The third kappa shape index (κ3) is 2.47. The molecule has 1 atom stereocenters. The Morgan fingerprint density at radius 3 is 2.84 bits per heavy atom. The van der Waals surface area contributed by atoms with Crippen molar-refractivity contribution in [1.82, 2.24) is 4.90 Å². The van der Waals surface area contributed by atoms with Gasteiger partial charge >= 0.3 is 0 Å². The van der Waals surface area contributed by atoms with Crippen molar-refractivity contribution in [1.29, 1.82) is 0 Å². The van der Waals surface area contributed by atoms with Crippen LogP contribution in [0.25, 0.3) is 10.1 Å². The Morgan fingerprint density at radius 1 is 1.26 bits per heavy atom. The first-order valence-electron chi connectivity index (χ1n) is 6.99. The molecule has 1 unspecified atom stereocenters. The van der Waals surface area contributed by atoms with E-state index in [0.29, 0.717) is 6.04 Å². The zero-order valence-electron chi connectivity index (χ0n) is 11.9. The molecule has 0 saturated heterocycles. The van der Waals surface area contributed by atoms with E-state index in [0.717, 1.165) is 6.42 Å². The largest absolute Gasteiger partial charge is 0.299 e. The molecule has 2 heteroatoms. The molecule has 0 saturated carbocycles. The Morgan fingerprint density at radius 2 is 2.05 bits per heavy atom. The van der Waals surface area contributed by atoms with Crippen LogP contribution in [0.4, 0.5) is 0 Å². The third-order valence-corrected chi connectivity index (χ3v) is 5.55. The van der Waals surface area contributed by atoms with Crippen LogP contribution in [0.2, 0.25) is 0 Å². The summed E-state index contributed by atoms with van der Waals surface area (Å²) in [5.74, 6) is 0. The Labute approximate surface area is 119 Å². The molecule has 2 heterocycles. The summed E-state index contributed by atoms with van der Waals surface area (Å²) in [6.07, 6.45) is 2.38. The lowest BCUT2D eigenvalue weighted by Crippen LogP contribution is -2.38. The van der Waals surface area contributed by atoms with E-state index in [4.69, 9.17) is 0 Å². The summed E-state index contributed by atoms with van der Waals surface area (Å²) in [6.45, 7) is 5.79. The number of hydrogen-bond donors (Lipinski definition) is 0. The van der Waals surface area contributed by atoms with Crippen LogP contribution in [-0.2, 0) is 6.42 Å². The van der Waals surface area contributed by atoms with Crippen molar-refractivity contribution in [3.05, 3.63) is 46.4 Å². The van der Waals surface area contributed by atoms with Gasteiger partial charge < -0.3 is 0 Å². The summed E-state index contributed by atoms with van der Waals surface area (Å²) in [4.78, 5) is 4.01. The summed E-state index contributed by atoms with van der Waals surface area (Å²) in [5.41, 5.74) is 3.16. The number of likely N-dealkylation sites (N-methyl/N-ethyl adjacent to an activating group) is 1. The predicted octanol–water partition coefficient (Wildman–Crippen LogP) is 4.48. The molecule has 0 amide bonds. The first-order valence-corrected chi connectivity index (χ1v) is 7.81. The Kier molecular flexibility index (Phi) is 3.46. The van der Waals surface area contributed by atoms with Crippen LogP contribution in [0.15, 0.2) is 41.5 Å². The summed E-state index contributed by atoms with van der Waals surface area (Å²) in [5, 5.41) is 1.39. The molecule has 100 valence electrons. The van der Waals surface area contributed by atoms with Gasteiger partial charge in [0.05, 0.1) is 0 Å². The smallest absolute Gasteiger partial charge is 0.0352 e. The monoisotopic (exact) mass is 271 g/mol. The van der Waals surface area contributed by atoms with E-state index >= 15 is 0 Å². The fraction of sp³-hybridized carbons (Fsp3) is 0.412. The van der Waals surface area contributed by atoms with E-state index < -0.39 is 0 Å². The number of fused-ring (bicyclic) bond motifs is 1. The van der Waals surface area contributed by atoms with Crippen LogP contribution in [0, 0.1) is 0 Å². The van der Waals surface area contributed by atoms with Crippen LogP contribution in [-0.4, -0.2) is 24.5 Å². The van der Waals surface area contributed by atoms with E-state index in [1.807, 2.05) is 11.3 Å². The highest BCUT2D eigenvalue weighted by molar-refractivity contribution is 7.19. The van der Waals surface area contributed by atoms with Crippen molar-refractivity contribution in [2.24, 2.45) is 0 Å². The first kappa shape index (κ1) is 12.9. The second-order valence-corrected chi connectivity index (χ2v) is 6.83. The number of hydrogen-bond acceptors (Lipinski definition) is 2. The minimum atomic E-state index is 0.585. The molecular formula is C17H21NS. The summed E-state index contributed by atoms with van der Waals surface area (Å²) in [6, 6.07) is 11.6. The van der Waals surface area contributed by atoms with Gasteiger partial charge in [0.1, 0.15) is 0 Å². The third-order valence-electron chi connectivity index (χ3n) is 4.42. The SMILES string of the molecule is CC1=C(C)C(Cc2cc3ccccc3s2)N(C)CC1. The Bertz CT molecular complexity index is 590. The highest BCUT2D eigenvalue weighted by atomic mass is 32.1. The average molecular weight is 271 g/mol. The second-order valence-electron chi connectivity index (χ2n) is 5.66. The van der Waals surface area contributed by atoms with Crippen molar-refractivity contribution in [2.75, 3.05) is 13.6 Å². The van der Waals surface area contributed by atoms with Crippen molar-refractivity contribution < 1.29 is 0 Å². The predicted molar refractivity (Wildman–Crippen MR) is 84.9 cm³/mol. The molecule has 1 nitrogen and oxygen atoms in total. The number of nitrogens with zero attached hydrogens (tertiary/aromatic N) is 1. The van der Waals surface area contributed by atoms with Gasteiger partial charge in [0.15, 0.2) is 0 Å². The molecule has 1 aliphatic rings. The quantitative estimate of drug-likeness (QED) is 0.728. The average Bonchev–Trinajstić information content (AvgIpc) is 2.81. The van der Waals surface area contributed by atoms with E-state index in [9.17, 15) is 0 Å². The van der Waals surface area contributed by atoms with Gasteiger partial charge in [-0.15, -0.1) is 11.3 Å². The summed E-state index contributed by atoms with van der Waals surface area (Å²) >= 11 is 1.95. The summed E-state index contributed by atoms with van der Waals surface area (Å²) < 4.78 is 1.41. The molecule has 2 aromatic rings. The lowest BCUT2D eigenvalue weighted by Gasteiger charge is -2.34.